The van der Waals surface area contributed by atoms with Gasteiger partial charge in [0.05, 0.1) is 46.6 Å². The minimum Gasteiger partial charge on any atom is -0.493 e. The predicted octanol–water partition coefficient (Wildman–Crippen LogP) is 4.50. The van der Waals surface area contributed by atoms with Gasteiger partial charge in [0.2, 0.25) is 0 Å². The molecule has 212 valence electrons. The number of halogens is 1. The Morgan fingerprint density at radius 2 is 1.98 bits per heavy atom. The highest BCUT2D eigenvalue weighted by atomic mass is 79.9. The summed E-state index contributed by atoms with van der Waals surface area (Å²) in [6.45, 7) is 5.94. The number of aromatic nitrogens is 3. The summed E-state index contributed by atoms with van der Waals surface area (Å²) in [4.78, 5) is 40.6. The van der Waals surface area contributed by atoms with Crippen molar-refractivity contribution in [3.63, 3.8) is 0 Å². The maximum absolute atomic E-state index is 13.9. The SMILES string of the molecule is CCOC(=O)C1=C(C)N=c2s/c(=C/c3cc(Br)c(Sc4ncccn4)o3)c(=O)n2[C@H]1c1ccc(OC)c(OCC)c1. The first-order valence-electron chi connectivity index (χ1n) is 12.6. The van der Waals surface area contributed by atoms with Crippen LogP contribution in [0.1, 0.15) is 38.1 Å². The van der Waals surface area contributed by atoms with Gasteiger partial charge in [-0.15, -0.1) is 0 Å². The third-order valence-corrected chi connectivity index (χ3v) is 8.71. The molecule has 3 aromatic heterocycles. The van der Waals surface area contributed by atoms with Crippen molar-refractivity contribution < 1.29 is 23.4 Å². The Balaban J connectivity index is 1.63. The fraction of sp³-hybridized carbons (Fsp3) is 0.250. The Kier molecular flexibility index (Phi) is 8.76. The molecule has 10 nitrogen and oxygen atoms in total. The molecule has 0 N–H and O–H groups in total. The number of methoxy groups -OCH3 is 1. The topological polar surface area (TPSA) is 118 Å². The zero-order valence-electron chi connectivity index (χ0n) is 22.5. The van der Waals surface area contributed by atoms with Crippen LogP contribution in [0.15, 0.2) is 82.9 Å². The number of esters is 1. The molecule has 5 rings (SSSR count). The second-order valence-corrected chi connectivity index (χ2v) is 11.4. The van der Waals surface area contributed by atoms with Crippen LogP contribution in [0, 0.1) is 0 Å². The molecule has 0 spiro atoms. The standard InChI is InChI=1S/C28H25BrN4O6S2/c1-5-37-20-12-16(8-9-19(20)36-4)23-22(25(35)38-6-2)15(3)32-28-33(23)24(34)21(40-28)14-17-13-18(29)26(39-17)41-27-30-10-7-11-31-27/h7-14,23H,5-6H2,1-4H3/b21-14+/t23-/m0/s1. The van der Waals surface area contributed by atoms with Gasteiger partial charge in [0.25, 0.3) is 5.56 Å². The number of ether oxygens (including phenoxy) is 3. The zero-order valence-corrected chi connectivity index (χ0v) is 25.8. The van der Waals surface area contributed by atoms with Crippen LogP contribution < -0.4 is 24.4 Å². The number of carbonyl (C=O) groups is 1. The second kappa shape index (κ2) is 12.5. The molecule has 4 aromatic rings. The lowest BCUT2D eigenvalue weighted by Crippen LogP contribution is -2.39. The summed E-state index contributed by atoms with van der Waals surface area (Å²) >= 11 is 5.98. The van der Waals surface area contributed by atoms with Gasteiger partial charge in [0.1, 0.15) is 5.76 Å². The van der Waals surface area contributed by atoms with Crippen molar-refractivity contribution in [2.45, 2.75) is 37.1 Å². The lowest BCUT2D eigenvalue weighted by Gasteiger charge is -2.25. The number of carbonyl (C=O) groups excluding carboxylic acids is 1. The molecule has 1 atom stereocenters. The first-order chi connectivity index (χ1) is 19.8. The minimum atomic E-state index is -0.790. The second-order valence-electron chi connectivity index (χ2n) is 8.56. The molecule has 1 aliphatic heterocycles. The molecule has 0 saturated carbocycles. The van der Waals surface area contributed by atoms with Gasteiger partial charge in [-0.2, -0.15) is 0 Å². The minimum absolute atomic E-state index is 0.182. The van der Waals surface area contributed by atoms with Crippen LogP contribution in [-0.2, 0) is 9.53 Å². The summed E-state index contributed by atoms with van der Waals surface area (Å²) in [5.41, 5.74) is 1.08. The Labute approximate surface area is 251 Å². The zero-order chi connectivity index (χ0) is 29.1. The van der Waals surface area contributed by atoms with Gasteiger partial charge < -0.3 is 18.6 Å². The molecular weight excluding hydrogens is 632 g/mol. The van der Waals surface area contributed by atoms with Gasteiger partial charge in [-0.3, -0.25) is 9.36 Å². The molecule has 41 heavy (non-hydrogen) atoms. The van der Waals surface area contributed by atoms with Crippen molar-refractivity contribution in [3.05, 3.63) is 89.5 Å². The highest BCUT2D eigenvalue weighted by Gasteiger charge is 2.34. The van der Waals surface area contributed by atoms with E-state index in [1.807, 2.05) is 6.92 Å². The predicted molar refractivity (Wildman–Crippen MR) is 157 cm³/mol. The van der Waals surface area contributed by atoms with Gasteiger partial charge in [0, 0.05) is 18.5 Å². The summed E-state index contributed by atoms with van der Waals surface area (Å²) < 4.78 is 25.2. The molecule has 0 unspecified atom stereocenters. The summed E-state index contributed by atoms with van der Waals surface area (Å²) in [6.07, 6.45) is 4.96. The van der Waals surface area contributed by atoms with E-state index < -0.39 is 12.0 Å². The molecular formula is C28H25BrN4O6S2. The molecule has 0 amide bonds. The average molecular weight is 658 g/mol. The molecule has 0 radical (unpaired) electrons. The molecule has 0 saturated heterocycles. The average Bonchev–Trinajstić information content (AvgIpc) is 3.46. The quantitative estimate of drug-likeness (QED) is 0.189. The summed E-state index contributed by atoms with van der Waals surface area (Å²) in [7, 11) is 1.55. The Bertz CT molecular complexity index is 1810. The number of hydrogen-bond acceptors (Lipinski definition) is 11. The van der Waals surface area contributed by atoms with E-state index in [1.165, 1.54) is 27.7 Å². The number of benzene rings is 1. The van der Waals surface area contributed by atoms with Gasteiger partial charge >= 0.3 is 5.97 Å². The highest BCUT2D eigenvalue weighted by Crippen LogP contribution is 2.37. The Hall–Kier alpha value is -3.68. The van der Waals surface area contributed by atoms with Crippen LogP contribution >= 0.6 is 39.0 Å². The van der Waals surface area contributed by atoms with Crippen molar-refractivity contribution in [2.24, 2.45) is 4.99 Å². The van der Waals surface area contributed by atoms with E-state index in [9.17, 15) is 9.59 Å². The monoisotopic (exact) mass is 656 g/mol. The van der Waals surface area contributed by atoms with Crippen molar-refractivity contribution in [1.82, 2.24) is 14.5 Å². The molecule has 1 aromatic carbocycles. The molecule has 1 aliphatic rings. The normalized spacial score (nSPS) is 15.0. The first-order valence-corrected chi connectivity index (χ1v) is 15.0. The largest absolute Gasteiger partial charge is 0.493 e. The van der Waals surface area contributed by atoms with Crippen LogP contribution in [0.4, 0.5) is 0 Å². The Morgan fingerprint density at radius 3 is 2.68 bits per heavy atom. The van der Waals surface area contributed by atoms with Crippen LogP contribution in [0.5, 0.6) is 11.5 Å². The van der Waals surface area contributed by atoms with Gasteiger partial charge in [0.15, 0.2) is 26.5 Å². The lowest BCUT2D eigenvalue weighted by atomic mass is 9.95. The maximum Gasteiger partial charge on any atom is 0.338 e. The highest BCUT2D eigenvalue weighted by molar-refractivity contribution is 9.10. The summed E-state index contributed by atoms with van der Waals surface area (Å²) in [5, 5.41) is 1.08. The van der Waals surface area contributed by atoms with E-state index in [2.05, 4.69) is 30.9 Å². The smallest absolute Gasteiger partial charge is 0.338 e. The maximum atomic E-state index is 13.9. The van der Waals surface area contributed by atoms with Crippen molar-refractivity contribution in [2.75, 3.05) is 20.3 Å². The Morgan fingerprint density at radius 1 is 1.20 bits per heavy atom. The van der Waals surface area contributed by atoms with Crippen LogP contribution in [0.3, 0.4) is 0 Å². The third kappa shape index (κ3) is 5.88. The third-order valence-electron chi connectivity index (χ3n) is 5.99. The molecule has 13 heteroatoms. The van der Waals surface area contributed by atoms with E-state index in [0.717, 1.165) is 0 Å². The van der Waals surface area contributed by atoms with Gasteiger partial charge in [-0.05, 0) is 78.3 Å². The fourth-order valence-corrected chi connectivity index (χ4v) is 6.56. The molecule has 0 fully saturated rings. The summed E-state index contributed by atoms with van der Waals surface area (Å²) in [5.74, 6) is 0.961. The first kappa shape index (κ1) is 28.8. The number of rotatable bonds is 9. The molecule has 0 aliphatic carbocycles. The van der Waals surface area contributed by atoms with Crippen LogP contribution in [-0.4, -0.2) is 40.8 Å². The number of nitrogens with zero attached hydrogens (tertiary/aromatic N) is 4. The van der Waals surface area contributed by atoms with Crippen molar-refractivity contribution in [1.29, 1.82) is 0 Å². The number of thiazole rings is 1. The molecule has 4 heterocycles. The van der Waals surface area contributed by atoms with E-state index in [-0.39, 0.29) is 17.7 Å². The fourth-order valence-electron chi connectivity index (χ4n) is 4.30. The lowest BCUT2D eigenvalue weighted by molar-refractivity contribution is -0.139. The van der Waals surface area contributed by atoms with Crippen LogP contribution in [0.25, 0.3) is 6.08 Å². The van der Waals surface area contributed by atoms with E-state index in [1.54, 1.807) is 69.8 Å². The number of furan rings is 1. The van der Waals surface area contributed by atoms with E-state index in [4.69, 9.17) is 18.6 Å². The number of allylic oxidation sites excluding steroid dienone is 1. The molecule has 0 bridgehead atoms. The van der Waals surface area contributed by atoms with E-state index in [0.29, 0.717) is 59.2 Å². The van der Waals surface area contributed by atoms with Gasteiger partial charge in [-0.25, -0.2) is 19.8 Å². The van der Waals surface area contributed by atoms with Gasteiger partial charge in [-0.1, -0.05) is 17.4 Å². The van der Waals surface area contributed by atoms with Crippen LogP contribution in [0.2, 0.25) is 0 Å². The number of fused-ring (bicyclic) bond motifs is 1. The van der Waals surface area contributed by atoms with Crippen molar-refractivity contribution >= 4 is 51.1 Å². The summed E-state index contributed by atoms with van der Waals surface area (Å²) in [6, 6.07) is 8.06. The van der Waals surface area contributed by atoms with Crippen molar-refractivity contribution in [3.8, 4) is 11.5 Å². The number of hydrogen-bond donors (Lipinski definition) is 0. The van der Waals surface area contributed by atoms with E-state index >= 15 is 0 Å².